The number of hydrogen-bond acceptors (Lipinski definition) is 7. The van der Waals surface area contributed by atoms with E-state index < -0.39 is 23.9 Å². The van der Waals surface area contributed by atoms with Crippen molar-refractivity contribution in [3.8, 4) is 17.1 Å². The van der Waals surface area contributed by atoms with Crippen molar-refractivity contribution < 1.29 is 23.4 Å². The molecule has 0 unspecified atom stereocenters. The number of pyridine rings is 2. The third kappa shape index (κ3) is 6.06. The van der Waals surface area contributed by atoms with Crippen molar-refractivity contribution in [2.75, 3.05) is 38.7 Å². The van der Waals surface area contributed by atoms with Gasteiger partial charge < -0.3 is 24.4 Å². The average molecular weight is 536 g/mol. The predicted octanol–water partition coefficient (Wildman–Crippen LogP) is 5.33. The number of likely N-dealkylation sites (tertiary alicyclic amines) is 1. The van der Waals surface area contributed by atoms with E-state index in [1.165, 1.54) is 4.90 Å². The molecule has 1 N–H and O–H groups in total. The van der Waals surface area contributed by atoms with Gasteiger partial charge in [-0.1, -0.05) is 18.2 Å². The third-order valence-corrected chi connectivity index (χ3v) is 6.56. The summed E-state index contributed by atoms with van der Waals surface area (Å²) in [4.78, 5) is 23.3. The molecule has 1 amide bonds. The molecule has 0 aliphatic carbocycles. The SMILES string of the molecule is COCCOc1ccn2c(-c3ccc4cccc(N[C@@H]5CCN(C(=O)OC(C)(C)C)C[C@@H]5F)c4n3)cnc2c1. The van der Waals surface area contributed by atoms with Crippen LogP contribution in [-0.4, -0.2) is 76.6 Å². The van der Waals surface area contributed by atoms with Crippen molar-refractivity contribution in [3.05, 3.63) is 54.9 Å². The van der Waals surface area contributed by atoms with E-state index in [0.29, 0.717) is 31.9 Å². The number of benzene rings is 1. The number of carbonyl (C=O) groups is 1. The third-order valence-electron chi connectivity index (χ3n) is 6.56. The molecule has 4 aromatic rings. The number of piperidine rings is 1. The molecular weight excluding hydrogens is 501 g/mol. The minimum absolute atomic E-state index is 0.0188. The van der Waals surface area contributed by atoms with Crippen molar-refractivity contribution in [1.82, 2.24) is 19.3 Å². The first kappa shape index (κ1) is 26.7. The Hall–Kier alpha value is -3.92. The highest BCUT2D eigenvalue weighted by Crippen LogP contribution is 2.29. The van der Waals surface area contributed by atoms with Gasteiger partial charge in [0.15, 0.2) is 0 Å². The van der Waals surface area contributed by atoms with E-state index in [0.717, 1.165) is 33.6 Å². The van der Waals surface area contributed by atoms with Crippen LogP contribution in [0.2, 0.25) is 0 Å². The van der Waals surface area contributed by atoms with Gasteiger partial charge in [0.1, 0.15) is 29.8 Å². The molecule has 4 heterocycles. The average Bonchev–Trinajstić information content (AvgIpc) is 3.32. The minimum Gasteiger partial charge on any atom is -0.491 e. The van der Waals surface area contributed by atoms with E-state index in [9.17, 15) is 4.79 Å². The van der Waals surface area contributed by atoms with Gasteiger partial charge in [0.25, 0.3) is 0 Å². The zero-order chi connectivity index (χ0) is 27.6. The summed E-state index contributed by atoms with van der Waals surface area (Å²) in [6, 6.07) is 13.1. The number of para-hydroxylation sites is 1. The van der Waals surface area contributed by atoms with Crippen molar-refractivity contribution in [1.29, 1.82) is 0 Å². The number of fused-ring (bicyclic) bond motifs is 2. The maximum atomic E-state index is 15.2. The van der Waals surface area contributed by atoms with E-state index >= 15 is 4.39 Å². The number of nitrogens with one attached hydrogen (secondary N) is 1. The quantitative estimate of drug-likeness (QED) is 0.320. The van der Waals surface area contributed by atoms with Gasteiger partial charge in [-0.15, -0.1) is 0 Å². The Labute approximate surface area is 226 Å². The van der Waals surface area contributed by atoms with Crippen LogP contribution in [-0.2, 0) is 9.47 Å². The Morgan fingerprint density at radius 3 is 2.79 bits per heavy atom. The second-order valence-electron chi connectivity index (χ2n) is 10.6. The van der Waals surface area contributed by atoms with Crippen LogP contribution >= 0.6 is 0 Å². The van der Waals surface area contributed by atoms with E-state index in [1.54, 1.807) is 34.1 Å². The van der Waals surface area contributed by atoms with Crippen LogP contribution in [0.4, 0.5) is 14.9 Å². The number of hydrogen-bond donors (Lipinski definition) is 1. The van der Waals surface area contributed by atoms with Crippen molar-refractivity contribution >= 4 is 28.3 Å². The molecular formula is C29H34FN5O4. The highest BCUT2D eigenvalue weighted by Gasteiger charge is 2.34. The Balaban J connectivity index is 1.35. The van der Waals surface area contributed by atoms with Crippen molar-refractivity contribution in [2.45, 2.75) is 45.0 Å². The normalized spacial score (nSPS) is 17.9. The van der Waals surface area contributed by atoms with Crippen LogP contribution in [0.3, 0.4) is 0 Å². The van der Waals surface area contributed by atoms with Gasteiger partial charge in [-0.3, -0.25) is 4.40 Å². The molecule has 0 saturated carbocycles. The maximum Gasteiger partial charge on any atom is 0.410 e. The summed E-state index contributed by atoms with van der Waals surface area (Å²) in [7, 11) is 1.64. The molecule has 1 fully saturated rings. The van der Waals surface area contributed by atoms with Crippen LogP contribution in [0.1, 0.15) is 27.2 Å². The molecule has 0 bridgehead atoms. The molecule has 1 aliphatic heterocycles. The van der Waals surface area contributed by atoms with Crippen LogP contribution in [0.25, 0.3) is 27.9 Å². The van der Waals surface area contributed by atoms with Crippen LogP contribution in [0.5, 0.6) is 5.75 Å². The summed E-state index contributed by atoms with van der Waals surface area (Å²) in [5.74, 6) is 0.716. The second kappa shape index (κ2) is 11.1. The highest BCUT2D eigenvalue weighted by molar-refractivity contribution is 5.92. The van der Waals surface area contributed by atoms with Gasteiger partial charge in [0.05, 0.1) is 48.0 Å². The molecule has 0 spiro atoms. The molecule has 1 aromatic carbocycles. The fraction of sp³-hybridized carbons (Fsp3) is 0.414. The smallest absolute Gasteiger partial charge is 0.410 e. The largest absolute Gasteiger partial charge is 0.491 e. The molecule has 5 rings (SSSR count). The molecule has 0 radical (unpaired) electrons. The summed E-state index contributed by atoms with van der Waals surface area (Å²) in [6.07, 6.45) is 2.41. The topological polar surface area (TPSA) is 90.2 Å². The number of aromatic nitrogens is 3. The van der Waals surface area contributed by atoms with Crippen molar-refractivity contribution in [2.24, 2.45) is 0 Å². The lowest BCUT2D eigenvalue weighted by molar-refractivity contribution is 0.0125. The number of rotatable bonds is 7. The minimum atomic E-state index is -1.25. The van der Waals surface area contributed by atoms with Gasteiger partial charge in [-0.25, -0.2) is 19.2 Å². The van der Waals surface area contributed by atoms with E-state index in [4.69, 9.17) is 19.2 Å². The number of imidazole rings is 1. The molecule has 1 aliphatic rings. The number of halogens is 1. The Morgan fingerprint density at radius 2 is 2.03 bits per heavy atom. The van der Waals surface area contributed by atoms with Crippen LogP contribution < -0.4 is 10.1 Å². The lowest BCUT2D eigenvalue weighted by atomic mass is 10.0. The molecule has 39 heavy (non-hydrogen) atoms. The fourth-order valence-corrected chi connectivity index (χ4v) is 4.65. The number of carbonyl (C=O) groups excluding carboxylic acids is 1. The van der Waals surface area contributed by atoms with E-state index in [-0.39, 0.29) is 6.54 Å². The predicted molar refractivity (Wildman–Crippen MR) is 148 cm³/mol. The Bertz CT molecular complexity index is 1470. The van der Waals surface area contributed by atoms with Crippen molar-refractivity contribution in [3.63, 3.8) is 0 Å². The highest BCUT2D eigenvalue weighted by atomic mass is 19.1. The van der Waals surface area contributed by atoms with Crippen LogP contribution in [0.15, 0.2) is 54.9 Å². The van der Waals surface area contributed by atoms with Crippen LogP contribution in [0, 0.1) is 0 Å². The van der Waals surface area contributed by atoms with Gasteiger partial charge in [0.2, 0.25) is 0 Å². The Morgan fingerprint density at radius 1 is 1.18 bits per heavy atom. The molecule has 9 nitrogen and oxygen atoms in total. The number of amides is 1. The fourth-order valence-electron chi connectivity index (χ4n) is 4.65. The number of nitrogens with zero attached hydrogens (tertiary/aromatic N) is 4. The summed E-state index contributed by atoms with van der Waals surface area (Å²) < 4.78 is 33.3. The summed E-state index contributed by atoms with van der Waals surface area (Å²) in [5.41, 5.74) is 3.19. The number of ether oxygens (including phenoxy) is 3. The molecule has 1 saturated heterocycles. The number of anilines is 1. The Kier molecular flexibility index (Phi) is 7.56. The van der Waals surface area contributed by atoms with E-state index in [2.05, 4.69) is 10.3 Å². The molecule has 2 atom stereocenters. The molecule has 3 aromatic heterocycles. The summed E-state index contributed by atoms with van der Waals surface area (Å²) >= 11 is 0. The van der Waals surface area contributed by atoms with Gasteiger partial charge in [-0.05, 0) is 45.4 Å². The van der Waals surface area contributed by atoms with Gasteiger partial charge in [-0.2, -0.15) is 0 Å². The second-order valence-corrected chi connectivity index (χ2v) is 10.6. The van der Waals surface area contributed by atoms with E-state index in [1.807, 2.05) is 53.1 Å². The lowest BCUT2D eigenvalue weighted by Gasteiger charge is -2.36. The van der Waals surface area contributed by atoms with Gasteiger partial charge >= 0.3 is 6.09 Å². The summed E-state index contributed by atoms with van der Waals surface area (Å²) in [6.45, 7) is 6.77. The summed E-state index contributed by atoms with van der Waals surface area (Å²) in [5, 5.41) is 4.30. The molecule has 10 heteroatoms. The standard InChI is InChI=1S/C29H34FN5O4/c1-29(2,3)39-28(36)34-12-11-22(21(30)18-34)32-24-7-5-6-19-8-9-23(33-27(19)24)25-17-31-26-16-20(10-13-35(25)26)38-15-14-37-4/h5-10,13,16-17,21-22,32H,11-12,14-15,18H2,1-4H3/t21-,22+/m0/s1. The first-order valence-electron chi connectivity index (χ1n) is 13.1. The monoisotopic (exact) mass is 535 g/mol. The number of alkyl halides is 1. The zero-order valence-electron chi connectivity index (χ0n) is 22.7. The first-order chi connectivity index (χ1) is 18.7. The molecule has 206 valence electrons. The number of methoxy groups -OCH3 is 1. The lowest BCUT2D eigenvalue weighted by Crippen LogP contribution is -2.51. The first-order valence-corrected chi connectivity index (χ1v) is 13.1. The zero-order valence-corrected chi connectivity index (χ0v) is 22.7. The maximum absolute atomic E-state index is 15.2. The van der Waals surface area contributed by atoms with Gasteiger partial charge in [0, 0.05) is 31.3 Å².